The molecular formula is C16H21Cl2N3. The highest BCUT2D eigenvalue weighted by Gasteiger charge is 2.22. The van der Waals surface area contributed by atoms with Gasteiger partial charge < -0.3 is 4.57 Å². The summed E-state index contributed by atoms with van der Waals surface area (Å²) in [4.78, 5) is 7.21. The van der Waals surface area contributed by atoms with Crippen LogP contribution in [0.5, 0.6) is 0 Å². The Morgan fingerprint density at radius 3 is 2.62 bits per heavy atom. The number of rotatable bonds is 4. The molecule has 21 heavy (non-hydrogen) atoms. The quantitative estimate of drug-likeness (QED) is 0.773. The molecule has 1 aliphatic heterocycles. The topological polar surface area (TPSA) is 21.1 Å². The van der Waals surface area contributed by atoms with Crippen molar-refractivity contribution in [2.75, 3.05) is 13.1 Å². The molecule has 0 amide bonds. The highest BCUT2D eigenvalue weighted by molar-refractivity contribution is 6.35. The lowest BCUT2D eigenvalue weighted by Gasteiger charge is -2.25. The molecule has 1 saturated heterocycles. The average Bonchev–Trinajstić information content (AvgIpc) is 3.07. The molecule has 1 aliphatic rings. The number of fused-ring (bicyclic) bond motifs is 1. The van der Waals surface area contributed by atoms with Crippen LogP contribution in [0.15, 0.2) is 18.2 Å². The molecule has 0 spiro atoms. The molecule has 2 aromatic rings. The lowest BCUT2D eigenvalue weighted by atomic mass is 10.2. The van der Waals surface area contributed by atoms with Gasteiger partial charge in [0, 0.05) is 12.6 Å². The number of nitrogens with zero attached hydrogens (tertiary/aromatic N) is 3. The van der Waals surface area contributed by atoms with Crippen LogP contribution in [0.1, 0.15) is 37.9 Å². The fourth-order valence-electron chi connectivity index (χ4n) is 3.21. The molecule has 1 aromatic heterocycles. The number of halogens is 2. The summed E-state index contributed by atoms with van der Waals surface area (Å²) in [6.45, 7) is 7.50. The Kier molecular flexibility index (Phi) is 4.43. The maximum Gasteiger partial charge on any atom is 0.127 e. The summed E-state index contributed by atoms with van der Waals surface area (Å²) in [7, 11) is 0. The van der Waals surface area contributed by atoms with E-state index in [9.17, 15) is 0 Å². The maximum absolute atomic E-state index is 6.41. The maximum atomic E-state index is 6.41. The zero-order chi connectivity index (χ0) is 15.0. The number of hydrogen-bond donors (Lipinski definition) is 0. The summed E-state index contributed by atoms with van der Waals surface area (Å²) < 4.78 is 2.21. The second-order valence-electron chi connectivity index (χ2n) is 5.90. The van der Waals surface area contributed by atoms with Gasteiger partial charge in [0.2, 0.25) is 0 Å². The number of alkyl halides is 1. The fourth-order valence-corrected chi connectivity index (χ4v) is 3.65. The largest absolute Gasteiger partial charge is 0.324 e. The van der Waals surface area contributed by atoms with Gasteiger partial charge in [0.25, 0.3) is 0 Å². The molecule has 1 fully saturated rings. The molecule has 2 unspecified atom stereocenters. The smallest absolute Gasteiger partial charge is 0.127 e. The van der Waals surface area contributed by atoms with E-state index in [1.807, 2.05) is 25.1 Å². The van der Waals surface area contributed by atoms with Crippen LogP contribution in [0.25, 0.3) is 11.0 Å². The van der Waals surface area contributed by atoms with Gasteiger partial charge >= 0.3 is 0 Å². The van der Waals surface area contributed by atoms with E-state index in [2.05, 4.69) is 21.4 Å². The SMILES string of the molecule is CC(Cl)c1nc2cccc(Cl)c2n1CC(C)N1CCCC1. The second kappa shape index (κ2) is 6.15. The van der Waals surface area contributed by atoms with Gasteiger partial charge in [0.15, 0.2) is 0 Å². The highest BCUT2D eigenvalue weighted by atomic mass is 35.5. The minimum Gasteiger partial charge on any atom is -0.324 e. The van der Waals surface area contributed by atoms with Gasteiger partial charge in [-0.15, -0.1) is 11.6 Å². The lowest BCUT2D eigenvalue weighted by Crippen LogP contribution is -2.34. The van der Waals surface area contributed by atoms with Crippen LogP contribution in [-0.4, -0.2) is 33.6 Å². The predicted octanol–water partition coefficient (Wildman–Crippen LogP) is 4.47. The van der Waals surface area contributed by atoms with Gasteiger partial charge in [-0.25, -0.2) is 4.98 Å². The Bertz CT molecular complexity index is 630. The molecule has 3 rings (SSSR count). The summed E-state index contributed by atoms with van der Waals surface area (Å²) in [5, 5.41) is 0.622. The molecule has 0 bridgehead atoms. The molecule has 0 aliphatic carbocycles. The monoisotopic (exact) mass is 325 g/mol. The average molecular weight is 326 g/mol. The number of imidazole rings is 1. The minimum atomic E-state index is -0.126. The summed E-state index contributed by atoms with van der Waals surface area (Å²) in [6.07, 6.45) is 2.60. The Labute approximate surface area is 135 Å². The van der Waals surface area contributed by atoms with E-state index in [1.165, 1.54) is 25.9 Å². The van der Waals surface area contributed by atoms with Crippen molar-refractivity contribution >= 4 is 34.2 Å². The highest BCUT2D eigenvalue weighted by Crippen LogP contribution is 2.30. The van der Waals surface area contributed by atoms with Crippen molar-refractivity contribution in [2.45, 2.75) is 44.7 Å². The van der Waals surface area contributed by atoms with E-state index < -0.39 is 0 Å². The van der Waals surface area contributed by atoms with E-state index in [4.69, 9.17) is 23.2 Å². The van der Waals surface area contributed by atoms with Gasteiger partial charge in [-0.2, -0.15) is 0 Å². The van der Waals surface area contributed by atoms with Gasteiger partial charge in [-0.3, -0.25) is 4.90 Å². The Morgan fingerprint density at radius 1 is 1.24 bits per heavy atom. The van der Waals surface area contributed by atoms with Crippen LogP contribution in [0.4, 0.5) is 0 Å². The van der Waals surface area contributed by atoms with Crippen LogP contribution in [0, 0.1) is 0 Å². The number of likely N-dealkylation sites (tertiary alicyclic amines) is 1. The zero-order valence-electron chi connectivity index (χ0n) is 12.5. The first-order chi connectivity index (χ1) is 10.1. The first-order valence-electron chi connectivity index (χ1n) is 7.60. The van der Waals surface area contributed by atoms with Gasteiger partial charge in [-0.05, 0) is 51.9 Å². The van der Waals surface area contributed by atoms with Crippen LogP contribution >= 0.6 is 23.2 Å². The van der Waals surface area contributed by atoms with E-state index in [1.54, 1.807) is 0 Å². The summed E-state index contributed by atoms with van der Waals surface area (Å²) in [5.74, 6) is 0.908. The summed E-state index contributed by atoms with van der Waals surface area (Å²) >= 11 is 12.7. The number of aromatic nitrogens is 2. The van der Waals surface area contributed by atoms with Crippen LogP contribution in [0.3, 0.4) is 0 Å². The van der Waals surface area contributed by atoms with E-state index in [0.717, 1.165) is 28.4 Å². The molecule has 0 N–H and O–H groups in total. The molecule has 2 heterocycles. The van der Waals surface area contributed by atoms with E-state index in [0.29, 0.717) is 6.04 Å². The molecule has 114 valence electrons. The Morgan fingerprint density at radius 2 is 1.95 bits per heavy atom. The van der Waals surface area contributed by atoms with Crippen LogP contribution in [-0.2, 0) is 6.54 Å². The number of para-hydroxylation sites is 1. The van der Waals surface area contributed by atoms with Crippen molar-refractivity contribution in [1.82, 2.24) is 14.5 Å². The van der Waals surface area contributed by atoms with E-state index in [-0.39, 0.29) is 5.38 Å². The summed E-state index contributed by atoms with van der Waals surface area (Å²) in [6, 6.07) is 6.33. The van der Waals surface area contributed by atoms with Crippen molar-refractivity contribution in [3.05, 3.63) is 29.0 Å². The third-order valence-electron chi connectivity index (χ3n) is 4.31. The summed E-state index contributed by atoms with van der Waals surface area (Å²) in [5.41, 5.74) is 1.94. The van der Waals surface area contributed by atoms with Crippen molar-refractivity contribution in [3.8, 4) is 0 Å². The standard InChI is InChI=1S/C16H21Cl2N3/c1-11(20-8-3-4-9-20)10-21-15-13(18)6-5-7-14(15)19-16(21)12(2)17/h5-7,11-12H,3-4,8-10H2,1-2H3. The third-order valence-corrected chi connectivity index (χ3v) is 4.81. The minimum absolute atomic E-state index is 0.126. The lowest BCUT2D eigenvalue weighted by molar-refractivity contribution is 0.236. The molecule has 3 nitrogen and oxygen atoms in total. The molecular weight excluding hydrogens is 305 g/mol. The number of benzene rings is 1. The Hall–Kier alpha value is -0.770. The number of hydrogen-bond acceptors (Lipinski definition) is 2. The fraction of sp³-hybridized carbons (Fsp3) is 0.562. The zero-order valence-corrected chi connectivity index (χ0v) is 14.0. The van der Waals surface area contributed by atoms with Gasteiger partial charge in [-0.1, -0.05) is 17.7 Å². The van der Waals surface area contributed by atoms with Gasteiger partial charge in [0.1, 0.15) is 5.82 Å². The van der Waals surface area contributed by atoms with Crippen molar-refractivity contribution in [2.24, 2.45) is 0 Å². The second-order valence-corrected chi connectivity index (χ2v) is 6.96. The Balaban J connectivity index is 2.00. The van der Waals surface area contributed by atoms with Crippen LogP contribution in [0.2, 0.25) is 5.02 Å². The first kappa shape index (κ1) is 15.1. The first-order valence-corrected chi connectivity index (χ1v) is 8.42. The molecule has 1 aromatic carbocycles. The van der Waals surface area contributed by atoms with Gasteiger partial charge in [0.05, 0.1) is 21.4 Å². The predicted molar refractivity (Wildman–Crippen MR) is 89.3 cm³/mol. The molecule has 2 atom stereocenters. The molecule has 5 heteroatoms. The molecule has 0 saturated carbocycles. The van der Waals surface area contributed by atoms with Crippen molar-refractivity contribution < 1.29 is 0 Å². The molecule has 0 radical (unpaired) electrons. The van der Waals surface area contributed by atoms with Crippen molar-refractivity contribution in [3.63, 3.8) is 0 Å². The van der Waals surface area contributed by atoms with E-state index >= 15 is 0 Å². The third kappa shape index (κ3) is 2.92. The van der Waals surface area contributed by atoms with Crippen molar-refractivity contribution in [1.29, 1.82) is 0 Å². The normalized spacial score (nSPS) is 19.2. The van der Waals surface area contributed by atoms with Crippen LogP contribution < -0.4 is 0 Å².